The second-order valence-corrected chi connectivity index (χ2v) is 5.36. The Morgan fingerprint density at radius 1 is 1.20 bits per heavy atom. The van der Waals surface area contributed by atoms with Crippen LogP contribution in [0.25, 0.3) is 0 Å². The number of rotatable bonds is 9. The Balaban J connectivity index is 2.29. The Morgan fingerprint density at radius 3 is 2.55 bits per heavy atom. The van der Waals surface area contributed by atoms with Gasteiger partial charge in [0.2, 0.25) is 0 Å². The number of halogens is 1. The number of hydrogen-bond acceptors (Lipinski definition) is 3. The standard InChI is InChI=1S/C16H26FNO2/c1-12(2)7-9-20-10-8-18-13(3)14-5-6-16(19-4)15(17)11-14/h5-6,11-13,18H,7-10H2,1-4H3. The summed E-state index contributed by atoms with van der Waals surface area (Å²) in [4.78, 5) is 0. The summed E-state index contributed by atoms with van der Waals surface area (Å²) in [6.07, 6.45) is 1.08. The molecule has 0 radical (unpaired) electrons. The van der Waals surface area contributed by atoms with Crippen molar-refractivity contribution in [2.45, 2.75) is 33.2 Å². The molecule has 0 heterocycles. The van der Waals surface area contributed by atoms with Crippen LogP contribution in [-0.4, -0.2) is 26.9 Å². The highest BCUT2D eigenvalue weighted by molar-refractivity contribution is 5.30. The molecule has 114 valence electrons. The molecule has 0 spiro atoms. The van der Waals surface area contributed by atoms with Gasteiger partial charge in [0, 0.05) is 19.2 Å². The van der Waals surface area contributed by atoms with Crippen molar-refractivity contribution in [2.24, 2.45) is 5.92 Å². The Bertz CT molecular complexity index is 396. The van der Waals surface area contributed by atoms with Gasteiger partial charge in [-0.15, -0.1) is 0 Å². The molecule has 1 unspecified atom stereocenters. The van der Waals surface area contributed by atoms with Gasteiger partial charge in [-0.2, -0.15) is 0 Å². The number of benzene rings is 1. The van der Waals surface area contributed by atoms with Crippen molar-refractivity contribution in [2.75, 3.05) is 26.9 Å². The van der Waals surface area contributed by atoms with E-state index in [1.54, 1.807) is 6.07 Å². The molecule has 0 saturated carbocycles. The predicted molar refractivity (Wildman–Crippen MR) is 79.6 cm³/mol. The number of ether oxygens (including phenoxy) is 2. The molecule has 20 heavy (non-hydrogen) atoms. The highest BCUT2D eigenvalue weighted by Crippen LogP contribution is 2.21. The van der Waals surface area contributed by atoms with Crippen LogP contribution < -0.4 is 10.1 Å². The molecule has 1 rings (SSSR count). The third-order valence-electron chi connectivity index (χ3n) is 3.21. The summed E-state index contributed by atoms with van der Waals surface area (Å²) in [5, 5.41) is 3.32. The first kappa shape index (κ1) is 16.9. The normalized spacial score (nSPS) is 12.7. The highest BCUT2D eigenvalue weighted by atomic mass is 19.1. The molecule has 0 bridgehead atoms. The molecular formula is C16H26FNO2. The van der Waals surface area contributed by atoms with Crippen LogP contribution in [0.5, 0.6) is 5.75 Å². The second-order valence-electron chi connectivity index (χ2n) is 5.36. The number of hydrogen-bond donors (Lipinski definition) is 1. The van der Waals surface area contributed by atoms with Gasteiger partial charge in [0.05, 0.1) is 13.7 Å². The zero-order chi connectivity index (χ0) is 15.0. The first-order valence-corrected chi connectivity index (χ1v) is 7.19. The summed E-state index contributed by atoms with van der Waals surface area (Å²) < 4.78 is 24.0. The molecule has 0 saturated heterocycles. The van der Waals surface area contributed by atoms with Crippen molar-refractivity contribution in [3.05, 3.63) is 29.6 Å². The van der Waals surface area contributed by atoms with E-state index in [1.807, 2.05) is 13.0 Å². The average molecular weight is 283 g/mol. The summed E-state index contributed by atoms with van der Waals surface area (Å²) in [7, 11) is 1.47. The van der Waals surface area contributed by atoms with Crippen LogP contribution in [-0.2, 0) is 4.74 Å². The van der Waals surface area contributed by atoms with E-state index in [9.17, 15) is 4.39 Å². The molecule has 1 aromatic carbocycles. The number of methoxy groups -OCH3 is 1. The van der Waals surface area contributed by atoms with Crippen LogP contribution in [0, 0.1) is 11.7 Å². The fourth-order valence-electron chi connectivity index (χ4n) is 1.84. The van der Waals surface area contributed by atoms with Crippen molar-refractivity contribution in [1.82, 2.24) is 5.32 Å². The van der Waals surface area contributed by atoms with Crippen LogP contribution in [0.1, 0.15) is 38.8 Å². The molecule has 3 nitrogen and oxygen atoms in total. The maximum atomic E-state index is 13.6. The topological polar surface area (TPSA) is 30.5 Å². The van der Waals surface area contributed by atoms with Gasteiger partial charge in [-0.05, 0) is 37.0 Å². The fraction of sp³-hybridized carbons (Fsp3) is 0.625. The highest BCUT2D eigenvalue weighted by Gasteiger charge is 2.08. The van der Waals surface area contributed by atoms with E-state index >= 15 is 0 Å². The molecule has 0 aliphatic carbocycles. The van der Waals surface area contributed by atoms with Crippen molar-refractivity contribution in [3.8, 4) is 5.75 Å². The molecule has 4 heteroatoms. The molecule has 0 aliphatic rings. The van der Waals surface area contributed by atoms with Gasteiger partial charge < -0.3 is 14.8 Å². The summed E-state index contributed by atoms with van der Waals surface area (Å²) in [6, 6.07) is 5.13. The monoisotopic (exact) mass is 283 g/mol. The quantitative estimate of drug-likeness (QED) is 0.703. The van der Waals surface area contributed by atoms with Gasteiger partial charge >= 0.3 is 0 Å². The predicted octanol–water partition coefficient (Wildman–Crippen LogP) is 3.55. The summed E-state index contributed by atoms with van der Waals surface area (Å²) >= 11 is 0. The van der Waals surface area contributed by atoms with E-state index in [-0.39, 0.29) is 17.6 Å². The minimum Gasteiger partial charge on any atom is -0.494 e. The Morgan fingerprint density at radius 2 is 1.95 bits per heavy atom. The van der Waals surface area contributed by atoms with E-state index < -0.39 is 0 Å². The second kappa shape index (κ2) is 8.93. The molecule has 0 amide bonds. The Hall–Kier alpha value is -1.13. The van der Waals surface area contributed by atoms with E-state index in [2.05, 4.69) is 19.2 Å². The number of nitrogens with one attached hydrogen (secondary N) is 1. The van der Waals surface area contributed by atoms with Gasteiger partial charge in [-0.1, -0.05) is 19.9 Å². The van der Waals surface area contributed by atoms with Crippen molar-refractivity contribution in [1.29, 1.82) is 0 Å². The minimum atomic E-state index is -0.327. The summed E-state index contributed by atoms with van der Waals surface area (Å²) in [6.45, 7) is 8.60. The lowest BCUT2D eigenvalue weighted by atomic mass is 10.1. The van der Waals surface area contributed by atoms with Crippen LogP contribution in [0.2, 0.25) is 0 Å². The molecule has 0 fully saturated rings. The van der Waals surface area contributed by atoms with E-state index in [4.69, 9.17) is 9.47 Å². The van der Waals surface area contributed by atoms with Gasteiger partial charge in [0.15, 0.2) is 11.6 Å². The SMILES string of the molecule is COc1ccc(C(C)NCCOCCC(C)C)cc1F. The van der Waals surface area contributed by atoms with E-state index in [0.29, 0.717) is 12.5 Å². The minimum absolute atomic E-state index is 0.0871. The van der Waals surface area contributed by atoms with Gasteiger partial charge in [-0.3, -0.25) is 0 Å². The third-order valence-corrected chi connectivity index (χ3v) is 3.21. The molecule has 0 aliphatic heterocycles. The first-order chi connectivity index (χ1) is 9.54. The molecule has 1 atom stereocenters. The van der Waals surface area contributed by atoms with Crippen molar-refractivity contribution >= 4 is 0 Å². The third kappa shape index (κ3) is 5.88. The largest absolute Gasteiger partial charge is 0.494 e. The fourth-order valence-corrected chi connectivity index (χ4v) is 1.84. The lowest BCUT2D eigenvalue weighted by molar-refractivity contribution is 0.123. The van der Waals surface area contributed by atoms with Gasteiger partial charge in [0.25, 0.3) is 0 Å². The molecule has 1 aromatic rings. The molecule has 0 aromatic heterocycles. The lowest BCUT2D eigenvalue weighted by Gasteiger charge is -2.15. The zero-order valence-corrected chi connectivity index (χ0v) is 12.9. The van der Waals surface area contributed by atoms with Gasteiger partial charge in [0.1, 0.15) is 0 Å². The maximum Gasteiger partial charge on any atom is 0.165 e. The Labute approximate surface area is 121 Å². The van der Waals surface area contributed by atoms with Gasteiger partial charge in [-0.25, -0.2) is 4.39 Å². The summed E-state index contributed by atoms with van der Waals surface area (Å²) in [5.74, 6) is 0.619. The van der Waals surface area contributed by atoms with Crippen LogP contribution in [0.3, 0.4) is 0 Å². The zero-order valence-electron chi connectivity index (χ0n) is 12.9. The average Bonchev–Trinajstić information content (AvgIpc) is 2.42. The molecule has 1 N–H and O–H groups in total. The van der Waals surface area contributed by atoms with E-state index in [0.717, 1.165) is 25.1 Å². The van der Waals surface area contributed by atoms with Crippen LogP contribution in [0.4, 0.5) is 4.39 Å². The van der Waals surface area contributed by atoms with Crippen molar-refractivity contribution in [3.63, 3.8) is 0 Å². The van der Waals surface area contributed by atoms with Crippen LogP contribution >= 0.6 is 0 Å². The lowest BCUT2D eigenvalue weighted by Crippen LogP contribution is -2.23. The summed E-state index contributed by atoms with van der Waals surface area (Å²) in [5.41, 5.74) is 0.908. The molecular weight excluding hydrogens is 257 g/mol. The van der Waals surface area contributed by atoms with E-state index in [1.165, 1.54) is 13.2 Å². The maximum absolute atomic E-state index is 13.6. The first-order valence-electron chi connectivity index (χ1n) is 7.19. The van der Waals surface area contributed by atoms with Crippen LogP contribution in [0.15, 0.2) is 18.2 Å². The Kier molecular flexibility index (Phi) is 7.55. The smallest absolute Gasteiger partial charge is 0.165 e. The van der Waals surface area contributed by atoms with Crippen molar-refractivity contribution < 1.29 is 13.9 Å².